The Hall–Kier alpha value is -1.80. The molecule has 6 nitrogen and oxygen atoms in total. The lowest BCUT2D eigenvalue weighted by molar-refractivity contribution is -0.107. The Morgan fingerprint density at radius 2 is 2.17 bits per heavy atom. The first-order chi connectivity index (χ1) is 11.7. The molecule has 0 bridgehead atoms. The highest BCUT2D eigenvalue weighted by Crippen LogP contribution is 2.17. The summed E-state index contributed by atoms with van der Waals surface area (Å²) in [5.74, 6) is -0.312. The Bertz CT molecular complexity index is 676. The number of carbonyl (C=O) groups is 1. The fourth-order valence-corrected chi connectivity index (χ4v) is 3.51. The lowest BCUT2D eigenvalue weighted by Crippen LogP contribution is -2.54. The van der Waals surface area contributed by atoms with Gasteiger partial charge in [-0.2, -0.15) is 0 Å². The van der Waals surface area contributed by atoms with E-state index in [4.69, 9.17) is 9.84 Å². The molecule has 1 aliphatic heterocycles. The number of aliphatic hydroxyl groups is 2. The van der Waals surface area contributed by atoms with Gasteiger partial charge in [0.15, 0.2) is 0 Å². The molecule has 1 aliphatic rings. The van der Waals surface area contributed by atoms with E-state index in [1.807, 2.05) is 30.3 Å². The van der Waals surface area contributed by atoms with E-state index >= 15 is 0 Å². The van der Waals surface area contributed by atoms with Crippen molar-refractivity contribution in [1.29, 1.82) is 0 Å². The average molecular weight is 348 g/mol. The highest BCUT2D eigenvalue weighted by molar-refractivity contribution is 7.09. The molecule has 2 heterocycles. The van der Waals surface area contributed by atoms with Gasteiger partial charge >= 0.3 is 0 Å². The number of amides is 1. The van der Waals surface area contributed by atoms with E-state index in [0.29, 0.717) is 25.1 Å². The first-order valence-corrected chi connectivity index (χ1v) is 8.75. The average Bonchev–Trinajstić information content (AvgIpc) is 3.06. The molecular weight excluding hydrogens is 328 g/mol. The van der Waals surface area contributed by atoms with Crippen LogP contribution < -0.4 is 5.32 Å². The minimum absolute atomic E-state index is 0.272. The van der Waals surface area contributed by atoms with Crippen LogP contribution in [0.3, 0.4) is 0 Å². The van der Waals surface area contributed by atoms with Gasteiger partial charge in [-0.15, -0.1) is 11.3 Å². The number of rotatable bonds is 5. The number of benzene rings is 1. The number of carbonyl (C=O) groups excluding carboxylic acids is 1. The molecule has 24 heavy (non-hydrogen) atoms. The third kappa shape index (κ3) is 3.99. The van der Waals surface area contributed by atoms with Crippen molar-refractivity contribution in [3.8, 4) is 0 Å². The van der Waals surface area contributed by atoms with Gasteiger partial charge in [0.25, 0.3) is 5.91 Å². The van der Waals surface area contributed by atoms with Gasteiger partial charge in [0.1, 0.15) is 17.9 Å². The van der Waals surface area contributed by atoms with Crippen LogP contribution in [-0.2, 0) is 11.2 Å². The summed E-state index contributed by atoms with van der Waals surface area (Å²) >= 11 is 1.44. The molecule has 0 aliphatic carbocycles. The van der Waals surface area contributed by atoms with Gasteiger partial charge in [0.05, 0.1) is 17.7 Å². The number of aromatic nitrogens is 1. The third-order valence-electron chi connectivity index (χ3n) is 4.03. The molecule has 1 aromatic heterocycles. The number of ether oxygens (including phenoxy) is 1. The van der Waals surface area contributed by atoms with Crippen LogP contribution in [0.1, 0.15) is 27.5 Å². The Balaban J connectivity index is 1.61. The molecule has 1 fully saturated rings. The van der Waals surface area contributed by atoms with Crippen LogP contribution in [0, 0.1) is 0 Å². The minimum atomic E-state index is -0.921. The predicted octanol–water partition coefficient (Wildman–Crippen LogP) is 0.974. The number of thiazole rings is 1. The van der Waals surface area contributed by atoms with Gasteiger partial charge in [-0.3, -0.25) is 4.79 Å². The van der Waals surface area contributed by atoms with Gasteiger partial charge in [-0.05, 0) is 12.0 Å². The van der Waals surface area contributed by atoms with Crippen LogP contribution in [-0.4, -0.2) is 52.6 Å². The molecule has 1 saturated heterocycles. The Morgan fingerprint density at radius 3 is 2.92 bits per heavy atom. The fourth-order valence-electron chi connectivity index (χ4n) is 2.70. The van der Waals surface area contributed by atoms with E-state index < -0.39 is 18.2 Å². The van der Waals surface area contributed by atoms with E-state index in [-0.39, 0.29) is 12.5 Å². The van der Waals surface area contributed by atoms with Crippen LogP contribution >= 0.6 is 11.3 Å². The van der Waals surface area contributed by atoms with Crippen LogP contribution in [0.5, 0.6) is 0 Å². The van der Waals surface area contributed by atoms with Gasteiger partial charge in [0, 0.05) is 18.4 Å². The second-order valence-electron chi connectivity index (χ2n) is 5.74. The maximum absolute atomic E-state index is 12.3. The van der Waals surface area contributed by atoms with Gasteiger partial charge < -0.3 is 20.3 Å². The minimum Gasteiger partial charge on any atom is -0.394 e. The van der Waals surface area contributed by atoms with E-state index in [1.165, 1.54) is 11.3 Å². The molecule has 2 aromatic rings. The standard InChI is InChI=1S/C17H20N2O4S/c20-9-14-16(21)12(6-7-23-14)19-17(22)13-10-24-15(18-13)8-11-4-2-1-3-5-11/h1-5,10,12,14,16,20-21H,6-9H2,(H,19,22)/t12-,14+,16-/m0/s1. The van der Waals surface area contributed by atoms with E-state index in [0.717, 1.165) is 10.6 Å². The van der Waals surface area contributed by atoms with Crippen molar-refractivity contribution in [2.45, 2.75) is 31.1 Å². The monoisotopic (exact) mass is 348 g/mol. The van der Waals surface area contributed by atoms with Gasteiger partial charge in [-0.1, -0.05) is 30.3 Å². The topological polar surface area (TPSA) is 91.7 Å². The maximum Gasteiger partial charge on any atom is 0.271 e. The van der Waals surface area contributed by atoms with Gasteiger partial charge in [0.2, 0.25) is 0 Å². The summed E-state index contributed by atoms with van der Waals surface area (Å²) in [7, 11) is 0. The molecule has 0 unspecified atom stereocenters. The molecule has 3 rings (SSSR count). The Labute approximate surface area is 144 Å². The molecule has 0 spiro atoms. The van der Waals surface area contributed by atoms with Crippen molar-refractivity contribution < 1.29 is 19.7 Å². The molecule has 128 valence electrons. The van der Waals surface area contributed by atoms with E-state index in [2.05, 4.69) is 10.3 Å². The zero-order chi connectivity index (χ0) is 16.9. The summed E-state index contributed by atoms with van der Waals surface area (Å²) < 4.78 is 5.26. The number of nitrogens with zero attached hydrogens (tertiary/aromatic N) is 1. The summed E-state index contributed by atoms with van der Waals surface area (Å²) in [6, 6.07) is 9.51. The van der Waals surface area contributed by atoms with Crippen LogP contribution in [0.15, 0.2) is 35.7 Å². The van der Waals surface area contributed by atoms with Crippen molar-refractivity contribution in [3.05, 3.63) is 52.0 Å². The number of hydrogen-bond acceptors (Lipinski definition) is 6. The molecular formula is C17H20N2O4S. The lowest BCUT2D eigenvalue weighted by atomic mass is 10.00. The Kier molecular flexibility index (Phi) is 5.57. The van der Waals surface area contributed by atoms with Crippen molar-refractivity contribution in [3.63, 3.8) is 0 Å². The fraction of sp³-hybridized carbons (Fsp3) is 0.412. The smallest absolute Gasteiger partial charge is 0.271 e. The molecule has 3 atom stereocenters. The predicted molar refractivity (Wildman–Crippen MR) is 90.1 cm³/mol. The van der Waals surface area contributed by atoms with Crippen molar-refractivity contribution in [2.75, 3.05) is 13.2 Å². The largest absolute Gasteiger partial charge is 0.394 e. The Morgan fingerprint density at radius 1 is 1.38 bits per heavy atom. The number of aliphatic hydroxyl groups excluding tert-OH is 2. The van der Waals surface area contributed by atoms with Crippen LogP contribution in [0.2, 0.25) is 0 Å². The van der Waals surface area contributed by atoms with Gasteiger partial charge in [-0.25, -0.2) is 4.98 Å². The van der Waals surface area contributed by atoms with Crippen LogP contribution in [0.4, 0.5) is 0 Å². The summed E-state index contributed by atoms with van der Waals surface area (Å²) in [5, 5.41) is 24.7. The zero-order valence-corrected chi connectivity index (χ0v) is 13.9. The second kappa shape index (κ2) is 7.85. The quantitative estimate of drug-likeness (QED) is 0.749. The second-order valence-corrected chi connectivity index (χ2v) is 6.68. The van der Waals surface area contributed by atoms with E-state index in [9.17, 15) is 9.90 Å². The normalized spacial score (nSPS) is 23.8. The summed E-state index contributed by atoms with van der Waals surface area (Å²) in [6.45, 7) is 0.120. The number of hydrogen-bond donors (Lipinski definition) is 3. The highest BCUT2D eigenvalue weighted by atomic mass is 32.1. The first-order valence-electron chi connectivity index (χ1n) is 7.87. The van der Waals surface area contributed by atoms with Crippen molar-refractivity contribution in [2.24, 2.45) is 0 Å². The van der Waals surface area contributed by atoms with Crippen molar-refractivity contribution in [1.82, 2.24) is 10.3 Å². The summed E-state index contributed by atoms with van der Waals surface area (Å²) in [6.07, 6.45) is -0.390. The highest BCUT2D eigenvalue weighted by Gasteiger charge is 2.33. The zero-order valence-electron chi connectivity index (χ0n) is 13.1. The molecule has 1 aromatic carbocycles. The SMILES string of the molecule is O=C(N[C@H]1CCO[C@H](CO)[C@H]1O)c1csc(Cc2ccccc2)n1. The van der Waals surface area contributed by atoms with Crippen LogP contribution in [0.25, 0.3) is 0 Å². The van der Waals surface area contributed by atoms with Crippen molar-refractivity contribution >= 4 is 17.2 Å². The molecule has 0 radical (unpaired) electrons. The summed E-state index contributed by atoms with van der Waals surface area (Å²) in [4.78, 5) is 16.7. The lowest BCUT2D eigenvalue weighted by Gasteiger charge is -2.34. The molecule has 1 amide bonds. The molecule has 0 saturated carbocycles. The maximum atomic E-state index is 12.3. The molecule has 7 heteroatoms. The van der Waals surface area contributed by atoms with E-state index in [1.54, 1.807) is 5.38 Å². The number of nitrogens with one attached hydrogen (secondary N) is 1. The molecule has 3 N–H and O–H groups in total. The third-order valence-corrected chi connectivity index (χ3v) is 4.88. The first kappa shape index (κ1) is 17.0. The summed E-state index contributed by atoms with van der Waals surface area (Å²) in [5.41, 5.74) is 1.50.